The van der Waals surface area contributed by atoms with Crippen LogP contribution >= 0.6 is 23.2 Å². The van der Waals surface area contributed by atoms with Gasteiger partial charge in [-0.2, -0.15) is 23.4 Å². The van der Waals surface area contributed by atoms with Crippen molar-refractivity contribution in [2.75, 3.05) is 19.6 Å². The Morgan fingerprint density at radius 1 is 0.953 bits per heavy atom. The van der Waals surface area contributed by atoms with Crippen LogP contribution in [0.4, 0.5) is 22.0 Å². The van der Waals surface area contributed by atoms with Gasteiger partial charge in [-0.3, -0.25) is 4.79 Å². The van der Waals surface area contributed by atoms with Crippen LogP contribution in [0.3, 0.4) is 0 Å². The van der Waals surface area contributed by atoms with Gasteiger partial charge in [0, 0.05) is 60.0 Å². The van der Waals surface area contributed by atoms with Crippen molar-refractivity contribution in [3.8, 4) is 17.3 Å². The average molecular weight is 642 g/mol. The van der Waals surface area contributed by atoms with Gasteiger partial charge in [0.05, 0.1) is 5.92 Å². The fourth-order valence-corrected chi connectivity index (χ4v) is 7.13. The van der Waals surface area contributed by atoms with Crippen LogP contribution in [-0.2, 0) is 6.42 Å². The molecule has 0 spiro atoms. The first-order valence-corrected chi connectivity index (χ1v) is 15.2. The number of piperidine rings is 1. The topological polar surface area (TPSA) is 59.7 Å². The molecule has 2 aromatic carbocycles. The van der Waals surface area contributed by atoms with E-state index in [-0.39, 0.29) is 56.6 Å². The Hall–Kier alpha value is -2.90. The highest BCUT2D eigenvalue weighted by molar-refractivity contribution is 6.36. The number of aliphatic imine (C=N–C) groups is 1. The maximum Gasteiger partial charge on any atom is 0.391 e. The molecule has 12 heteroatoms. The quantitative estimate of drug-likeness (QED) is 0.244. The van der Waals surface area contributed by atoms with Crippen molar-refractivity contribution in [3.63, 3.8) is 0 Å². The molecule has 3 fully saturated rings. The highest BCUT2D eigenvalue weighted by atomic mass is 35.5. The molecule has 1 saturated carbocycles. The fraction of sp³-hybridized carbons (Fsp3) is 0.516. The van der Waals surface area contributed by atoms with E-state index in [0.717, 1.165) is 11.1 Å². The predicted octanol–water partition coefficient (Wildman–Crippen LogP) is 8.40. The van der Waals surface area contributed by atoms with Crippen LogP contribution in [0.1, 0.15) is 60.9 Å². The molecule has 43 heavy (non-hydrogen) atoms. The van der Waals surface area contributed by atoms with Crippen LogP contribution < -0.4 is 0 Å². The molecule has 0 aromatic heterocycles. The summed E-state index contributed by atoms with van der Waals surface area (Å²) in [4.78, 5) is 20.4. The lowest BCUT2D eigenvalue weighted by Crippen LogP contribution is -2.42. The number of amides is 1. The van der Waals surface area contributed by atoms with E-state index in [1.165, 1.54) is 4.90 Å². The molecule has 1 unspecified atom stereocenters. The molecule has 0 N–H and O–H groups in total. The number of rotatable bonds is 5. The van der Waals surface area contributed by atoms with Gasteiger partial charge in [-0.15, -0.1) is 0 Å². The number of hydrogen-bond acceptors (Lipinski definition) is 3. The average Bonchev–Trinajstić information content (AvgIpc) is 3.36. The van der Waals surface area contributed by atoms with Gasteiger partial charge in [0.2, 0.25) is 12.1 Å². The lowest BCUT2D eigenvalue weighted by molar-refractivity contribution is -0.183. The second kappa shape index (κ2) is 12.6. The highest BCUT2D eigenvalue weighted by Crippen LogP contribution is 2.40. The summed E-state index contributed by atoms with van der Waals surface area (Å²) in [6, 6.07) is 10.3. The Kier molecular flexibility index (Phi) is 9.24. The van der Waals surface area contributed by atoms with Gasteiger partial charge in [0.25, 0.3) is 5.91 Å². The second-order valence-corrected chi connectivity index (χ2v) is 12.5. The van der Waals surface area contributed by atoms with Crippen molar-refractivity contribution in [1.29, 1.82) is 5.26 Å². The molecule has 2 aromatic rings. The van der Waals surface area contributed by atoms with E-state index < -0.39 is 18.0 Å². The summed E-state index contributed by atoms with van der Waals surface area (Å²) in [5.41, 5.74) is 2.58. The Morgan fingerprint density at radius 3 is 2.12 bits per heavy atom. The van der Waals surface area contributed by atoms with Gasteiger partial charge in [-0.1, -0.05) is 35.3 Å². The monoisotopic (exact) mass is 640 g/mol. The van der Waals surface area contributed by atoms with Gasteiger partial charge in [0.15, 0.2) is 0 Å². The van der Waals surface area contributed by atoms with Crippen LogP contribution in [0.5, 0.6) is 0 Å². The summed E-state index contributed by atoms with van der Waals surface area (Å²) in [7, 11) is 0. The van der Waals surface area contributed by atoms with Crippen molar-refractivity contribution >= 4 is 34.9 Å². The SMILES string of the molecule is N#C/N=C1/C(Cc2c(Cl)cc(-c3ccc(C(=O)N4CCC(C(F)(F)F)CC4)cc3)cc2Cl)CCN1C1CCC(F)(F)CC1. The number of benzene rings is 2. The Morgan fingerprint density at radius 2 is 1.56 bits per heavy atom. The molecular formula is C31H31Cl2F5N4O. The normalized spacial score (nSPS) is 22.7. The van der Waals surface area contributed by atoms with Gasteiger partial charge in [0.1, 0.15) is 5.84 Å². The largest absolute Gasteiger partial charge is 0.391 e. The molecule has 2 saturated heterocycles. The summed E-state index contributed by atoms with van der Waals surface area (Å²) < 4.78 is 66.4. The number of carbonyl (C=O) groups is 1. The first-order chi connectivity index (χ1) is 20.4. The lowest BCUT2D eigenvalue weighted by Gasteiger charge is -2.36. The van der Waals surface area contributed by atoms with Crippen LogP contribution in [0.25, 0.3) is 11.1 Å². The summed E-state index contributed by atoms with van der Waals surface area (Å²) in [6.45, 7) is 0.751. The van der Waals surface area contributed by atoms with E-state index in [1.807, 2.05) is 11.1 Å². The molecule has 1 amide bonds. The second-order valence-electron chi connectivity index (χ2n) is 11.6. The zero-order chi connectivity index (χ0) is 30.9. The molecule has 1 atom stereocenters. The summed E-state index contributed by atoms with van der Waals surface area (Å²) in [5.74, 6) is -3.85. The van der Waals surface area contributed by atoms with Crippen molar-refractivity contribution in [2.24, 2.45) is 16.8 Å². The van der Waals surface area contributed by atoms with Crippen LogP contribution in [0.2, 0.25) is 10.0 Å². The fourth-order valence-electron chi connectivity index (χ4n) is 6.49. The summed E-state index contributed by atoms with van der Waals surface area (Å²) >= 11 is 13.4. The maximum absolute atomic E-state index is 13.7. The van der Waals surface area contributed by atoms with E-state index in [1.54, 1.807) is 36.4 Å². The third kappa shape index (κ3) is 7.09. The molecule has 5 rings (SSSR count). The van der Waals surface area contributed by atoms with E-state index in [4.69, 9.17) is 23.2 Å². The van der Waals surface area contributed by atoms with Crippen molar-refractivity contribution in [2.45, 2.75) is 69.5 Å². The molecule has 1 aliphatic carbocycles. The standard InChI is InChI=1S/C31H31Cl2F5N4O/c32-26-16-22(19-1-3-20(4-2-19)29(43)41-12-8-23(9-13-41)31(36,37)38)17-27(33)25(26)15-21-7-14-42(28(21)40-18-39)24-5-10-30(34,35)11-6-24/h1-4,16-17,21,23-24H,5-15H2/b40-28-. The van der Waals surface area contributed by atoms with Crippen LogP contribution in [0, 0.1) is 23.3 Å². The number of amidine groups is 1. The molecule has 230 valence electrons. The molecular weight excluding hydrogens is 610 g/mol. The van der Waals surface area contributed by atoms with Gasteiger partial charge < -0.3 is 9.80 Å². The van der Waals surface area contributed by atoms with E-state index in [2.05, 4.69) is 4.99 Å². The predicted molar refractivity (Wildman–Crippen MR) is 155 cm³/mol. The Bertz CT molecular complexity index is 1380. The first-order valence-electron chi connectivity index (χ1n) is 14.4. The molecule has 2 aliphatic heterocycles. The van der Waals surface area contributed by atoms with Gasteiger partial charge >= 0.3 is 6.18 Å². The van der Waals surface area contributed by atoms with Gasteiger partial charge in [-0.25, -0.2) is 8.78 Å². The number of nitriles is 1. The number of likely N-dealkylation sites (tertiary alicyclic amines) is 2. The zero-order valence-electron chi connectivity index (χ0n) is 23.3. The highest BCUT2D eigenvalue weighted by Gasteiger charge is 2.42. The first kappa shape index (κ1) is 31.5. The van der Waals surface area contributed by atoms with Gasteiger partial charge in [-0.05, 0) is 79.5 Å². The zero-order valence-corrected chi connectivity index (χ0v) is 24.8. The minimum atomic E-state index is -4.24. The number of halogens is 7. The molecule has 3 aliphatic rings. The Balaban J connectivity index is 1.25. The third-order valence-electron chi connectivity index (χ3n) is 8.97. The Labute approximate surface area is 257 Å². The van der Waals surface area contributed by atoms with Crippen LogP contribution in [-0.4, -0.2) is 59.3 Å². The van der Waals surface area contributed by atoms with E-state index in [9.17, 15) is 32.0 Å². The maximum atomic E-state index is 13.7. The summed E-state index contributed by atoms with van der Waals surface area (Å²) in [5, 5.41) is 10.2. The number of carbonyl (C=O) groups excluding carboxylic acids is 1. The smallest absolute Gasteiger partial charge is 0.356 e. The van der Waals surface area contributed by atoms with Crippen LogP contribution in [0.15, 0.2) is 41.4 Å². The molecule has 0 radical (unpaired) electrons. The summed E-state index contributed by atoms with van der Waals surface area (Å²) in [6.07, 6.45) is -1.07. The molecule has 0 bridgehead atoms. The molecule has 2 heterocycles. The van der Waals surface area contributed by atoms with Crippen molar-refractivity contribution in [1.82, 2.24) is 9.80 Å². The minimum absolute atomic E-state index is 0.0631. The number of alkyl halides is 5. The van der Waals surface area contributed by atoms with Crippen molar-refractivity contribution in [3.05, 3.63) is 57.6 Å². The minimum Gasteiger partial charge on any atom is -0.356 e. The van der Waals surface area contributed by atoms with E-state index in [0.29, 0.717) is 59.2 Å². The number of hydrogen-bond donors (Lipinski definition) is 0. The van der Waals surface area contributed by atoms with Crippen molar-refractivity contribution < 1.29 is 26.7 Å². The lowest BCUT2D eigenvalue weighted by atomic mass is 9.91. The van der Waals surface area contributed by atoms with E-state index >= 15 is 0 Å². The number of nitrogens with zero attached hydrogens (tertiary/aromatic N) is 4. The molecule has 5 nitrogen and oxygen atoms in total. The third-order valence-corrected chi connectivity index (χ3v) is 9.65.